The predicted molar refractivity (Wildman–Crippen MR) is 81.2 cm³/mol. The van der Waals surface area contributed by atoms with Gasteiger partial charge in [-0.1, -0.05) is 11.6 Å². The number of hydrogen-bond acceptors (Lipinski definition) is 5. The molecule has 0 aliphatic heterocycles. The molecule has 0 radical (unpaired) electrons. The summed E-state index contributed by atoms with van der Waals surface area (Å²) in [6, 6.07) is 3.30. The van der Waals surface area contributed by atoms with Crippen molar-refractivity contribution < 1.29 is 14.3 Å². The van der Waals surface area contributed by atoms with Crippen LogP contribution in [0, 0.1) is 0 Å². The first-order valence-corrected chi connectivity index (χ1v) is 7.11. The predicted octanol–water partition coefficient (Wildman–Crippen LogP) is 1.95. The lowest BCUT2D eigenvalue weighted by Gasteiger charge is -2.24. The number of esters is 1. The fraction of sp³-hybridized carbons (Fsp3) is 0.500. The van der Waals surface area contributed by atoms with Crippen LogP contribution in [0.5, 0.6) is 0 Å². The Hall–Kier alpha value is -1.66. The van der Waals surface area contributed by atoms with Gasteiger partial charge in [0.2, 0.25) is 5.91 Å². The molecule has 0 atom stereocenters. The highest BCUT2D eigenvalue weighted by molar-refractivity contribution is 6.30. The molecule has 0 aromatic carbocycles. The molecule has 1 rings (SSSR count). The van der Waals surface area contributed by atoms with E-state index in [2.05, 4.69) is 10.3 Å². The van der Waals surface area contributed by atoms with E-state index in [0.29, 0.717) is 17.4 Å². The number of aromatic nitrogens is 1. The van der Waals surface area contributed by atoms with E-state index in [9.17, 15) is 9.59 Å². The number of nitrogens with one attached hydrogen (secondary N) is 1. The number of carbonyl (C=O) groups excluding carboxylic acids is 2. The van der Waals surface area contributed by atoms with Gasteiger partial charge in [0.1, 0.15) is 5.82 Å². The number of nitrogens with zero attached hydrogens (tertiary/aromatic N) is 2. The molecule has 0 aliphatic rings. The molecule has 21 heavy (non-hydrogen) atoms. The summed E-state index contributed by atoms with van der Waals surface area (Å²) in [4.78, 5) is 29.2. The first-order valence-electron chi connectivity index (χ1n) is 6.73. The van der Waals surface area contributed by atoms with Crippen LogP contribution in [0.15, 0.2) is 18.3 Å². The minimum absolute atomic E-state index is 0.0401. The van der Waals surface area contributed by atoms with Crippen LogP contribution in [0.25, 0.3) is 0 Å². The van der Waals surface area contributed by atoms with Gasteiger partial charge < -0.3 is 10.1 Å². The third-order valence-electron chi connectivity index (χ3n) is 2.71. The first kappa shape index (κ1) is 17.4. The Morgan fingerprint density at radius 3 is 2.62 bits per heavy atom. The normalized spacial score (nSPS) is 10.8. The van der Waals surface area contributed by atoms with Crippen LogP contribution in [0.4, 0.5) is 5.82 Å². The number of anilines is 1. The minimum Gasteiger partial charge on any atom is -0.465 e. The molecule has 0 saturated carbocycles. The van der Waals surface area contributed by atoms with E-state index < -0.39 is 0 Å². The van der Waals surface area contributed by atoms with Crippen molar-refractivity contribution in [2.75, 3.05) is 25.0 Å². The van der Waals surface area contributed by atoms with Crippen molar-refractivity contribution in [3.63, 3.8) is 0 Å². The summed E-state index contributed by atoms with van der Waals surface area (Å²) in [7, 11) is 0. The van der Waals surface area contributed by atoms with Gasteiger partial charge in [-0.05, 0) is 32.9 Å². The first-order chi connectivity index (χ1) is 9.92. The number of amides is 1. The summed E-state index contributed by atoms with van der Waals surface area (Å²) >= 11 is 5.73. The Kier molecular flexibility index (Phi) is 7.11. The summed E-state index contributed by atoms with van der Waals surface area (Å²) in [6.07, 6.45) is 1.45. The molecule has 0 bridgehead atoms. The largest absolute Gasteiger partial charge is 0.465 e. The van der Waals surface area contributed by atoms with Crippen LogP contribution in [-0.4, -0.2) is 47.5 Å². The molecule has 1 aromatic rings. The number of hydrogen-bond donors (Lipinski definition) is 1. The van der Waals surface area contributed by atoms with E-state index in [4.69, 9.17) is 16.3 Å². The summed E-state index contributed by atoms with van der Waals surface area (Å²) < 4.78 is 4.90. The zero-order valence-corrected chi connectivity index (χ0v) is 13.2. The monoisotopic (exact) mass is 313 g/mol. The molecule has 1 amide bonds. The highest BCUT2D eigenvalue weighted by Gasteiger charge is 2.18. The van der Waals surface area contributed by atoms with Crippen LogP contribution < -0.4 is 5.32 Å². The molecule has 1 aromatic heterocycles. The fourth-order valence-corrected chi connectivity index (χ4v) is 1.72. The maximum absolute atomic E-state index is 12.0. The summed E-state index contributed by atoms with van der Waals surface area (Å²) in [5, 5.41) is 3.16. The number of halogens is 1. The lowest BCUT2D eigenvalue weighted by atomic mass is 10.3. The molecule has 0 saturated heterocycles. The number of ether oxygens (including phenoxy) is 1. The highest BCUT2D eigenvalue weighted by atomic mass is 35.5. The molecule has 0 aliphatic carbocycles. The van der Waals surface area contributed by atoms with Gasteiger partial charge in [0.15, 0.2) is 0 Å². The molecule has 1 N–H and O–H groups in total. The molecule has 6 nitrogen and oxygen atoms in total. The van der Waals surface area contributed by atoms with Crippen molar-refractivity contribution in [1.82, 2.24) is 9.88 Å². The summed E-state index contributed by atoms with van der Waals surface area (Å²) in [6.45, 7) is 6.05. The topological polar surface area (TPSA) is 71.5 Å². The SMILES string of the molecule is CCOC(=O)CN(CC(=O)Nc1ccc(Cl)cn1)C(C)C. The van der Waals surface area contributed by atoms with Gasteiger partial charge in [0.05, 0.1) is 24.7 Å². The zero-order valence-electron chi connectivity index (χ0n) is 12.4. The van der Waals surface area contributed by atoms with E-state index in [1.54, 1.807) is 24.0 Å². The van der Waals surface area contributed by atoms with E-state index in [1.165, 1.54) is 6.20 Å². The average molecular weight is 314 g/mol. The summed E-state index contributed by atoms with van der Waals surface area (Å²) in [5.74, 6) is -0.171. The van der Waals surface area contributed by atoms with E-state index in [-0.39, 0.29) is 31.0 Å². The fourth-order valence-electron chi connectivity index (χ4n) is 1.61. The second kappa shape index (κ2) is 8.59. The van der Waals surface area contributed by atoms with Crippen LogP contribution in [-0.2, 0) is 14.3 Å². The van der Waals surface area contributed by atoms with E-state index in [1.807, 2.05) is 13.8 Å². The van der Waals surface area contributed by atoms with Gasteiger partial charge in [0, 0.05) is 12.2 Å². The van der Waals surface area contributed by atoms with Crippen molar-refractivity contribution >= 4 is 29.3 Å². The Bertz CT molecular complexity index is 477. The summed E-state index contributed by atoms with van der Waals surface area (Å²) in [5.41, 5.74) is 0. The maximum Gasteiger partial charge on any atom is 0.320 e. The Labute approximate surface area is 129 Å². The zero-order chi connectivity index (χ0) is 15.8. The van der Waals surface area contributed by atoms with Gasteiger partial charge in [-0.2, -0.15) is 0 Å². The molecule has 0 unspecified atom stereocenters. The van der Waals surface area contributed by atoms with Gasteiger partial charge in [-0.3, -0.25) is 14.5 Å². The molecule has 7 heteroatoms. The smallest absolute Gasteiger partial charge is 0.320 e. The Morgan fingerprint density at radius 1 is 1.38 bits per heavy atom. The minimum atomic E-state index is -0.344. The molecule has 1 heterocycles. The van der Waals surface area contributed by atoms with Crippen LogP contribution in [0.2, 0.25) is 5.02 Å². The Morgan fingerprint density at radius 2 is 2.10 bits per heavy atom. The number of carbonyl (C=O) groups is 2. The lowest BCUT2D eigenvalue weighted by molar-refractivity contribution is -0.145. The number of rotatable bonds is 7. The van der Waals surface area contributed by atoms with Gasteiger partial charge in [0.25, 0.3) is 0 Å². The van der Waals surface area contributed by atoms with Crippen LogP contribution in [0.3, 0.4) is 0 Å². The van der Waals surface area contributed by atoms with Crippen LogP contribution >= 0.6 is 11.6 Å². The van der Waals surface area contributed by atoms with Gasteiger partial charge in [-0.15, -0.1) is 0 Å². The van der Waals surface area contributed by atoms with Crippen LogP contribution in [0.1, 0.15) is 20.8 Å². The van der Waals surface area contributed by atoms with Crippen molar-refractivity contribution in [2.45, 2.75) is 26.8 Å². The van der Waals surface area contributed by atoms with Crippen molar-refractivity contribution in [2.24, 2.45) is 0 Å². The van der Waals surface area contributed by atoms with Gasteiger partial charge >= 0.3 is 5.97 Å². The van der Waals surface area contributed by atoms with Gasteiger partial charge in [-0.25, -0.2) is 4.98 Å². The molecular formula is C14H20ClN3O3. The molecule has 116 valence electrons. The van der Waals surface area contributed by atoms with E-state index >= 15 is 0 Å². The quantitative estimate of drug-likeness (QED) is 0.779. The highest BCUT2D eigenvalue weighted by Crippen LogP contribution is 2.09. The Balaban J connectivity index is 2.56. The standard InChI is InChI=1S/C14H20ClN3O3/c1-4-21-14(20)9-18(10(2)3)8-13(19)17-12-6-5-11(15)7-16-12/h5-7,10H,4,8-9H2,1-3H3,(H,16,17,19). The average Bonchev–Trinajstić information content (AvgIpc) is 2.41. The van der Waals surface area contributed by atoms with Crippen molar-refractivity contribution in [1.29, 1.82) is 0 Å². The number of pyridine rings is 1. The van der Waals surface area contributed by atoms with Crippen molar-refractivity contribution in [3.05, 3.63) is 23.4 Å². The third-order valence-corrected chi connectivity index (χ3v) is 2.93. The molecular weight excluding hydrogens is 294 g/mol. The van der Waals surface area contributed by atoms with Crippen molar-refractivity contribution in [3.8, 4) is 0 Å². The maximum atomic E-state index is 12.0. The second-order valence-electron chi connectivity index (χ2n) is 4.71. The lowest BCUT2D eigenvalue weighted by Crippen LogP contribution is -2.41. The molecule has 0 spiro atoms. The third kappa shape index (κ3) is 6.55. The van der Waals surface area contributed by atoms with E-state index in [0.717, 1.165) is 0 Å². The second-order valence-corrected chi connectivity index (χ2v) is 5.15. The molecule has 0 fully saturated rings.